The van der Waals surface area contributed by atoms with Crippen molar-refractivity contribution >= 4 is 11.9 Å². The largest absolute Gasteiger partial charge is 0.481 e. The van der Waals surface area contributed by atoms with E-state index in [2.05, 4.69) is 0 Å². The second-order valence-corrected chi connectivity index (χ2v) is 6.12. The lowest BCUT2D eigenvalue weighted by Crippen LogP contribution is -2.22. The molecule has 4 nitrogen and oxygen atoms in total. The Morgan fingerprint density at radius 3 is 1.25 bits per heavy atom. The van der Waals surface area contributed by atoms with Gasteiger partial charge in [-0.3, -0.25) is 9.59 Å². The van der Waals surface area contributed by atoms with Crippen molar-refractivity contribution in [1.82, 2.24) is 0 Å². The van der Waals surface area contributed by atoms with E-state index >= 15 is 0 Å². The molecule has 2 atom stereocenters. The summed E-state index contributed by atoms with van der Waals surface area (Å²) in [6.07, 6.45) is 11.4. The fourth-order valence-electron chi connectivity index (χ4n) is 3.33. The molecule has 0 saturated heterocycles. The summed E-state index contributed by atoms with van der Waals surface area (Å²) >= 11 is 0. The number of rotatable bonds is 4. The highest BCUT2D eigenvalue weighted by molar-refractivity contribution is 5.68. The van der Waals surface area contributed by atoms with Crippen molar-refractivity contribution in [2.75, 3.05) is 0 Å². The third-order valence-corrected chi connectivity index (χ3v) is 4.44. The standard InChI is InChI=1S/C16H28O4/c17-15(18)11-13-9-7-5-3-1-2-4-6-8-10-14(13)12-16(19)20/h13-14H,1-12H2,(H,17,18)(H,19,20). The molecule has 1 aliphatic rings. The van der Waals surface area contributed by atoms with Gasteiger partial charge in [0.15, 0.2) is 0 Å². The Kier molecular flexibility index (Phi) is 8.31. The maximum atomic E-state index is 11.0. The zero-order valence-corrected chi connectivity index (χ0v) is 12.4. The van der Waals surface area contributed by atoms with Crippen LogP contribution in [0.5, 0.6) is 0 Å². The van der Waals surface area contributed by atoms with Gasteiger partial charge < -0.3 is 10.2 Å². The molecule has 1 saturated carbocycles. The van der Waals surface area contributed by atoms with Crippen molar-refractivity contribution in [2.45, 2.75) is 77.0 Å². The normalized spacial score (nSPS) is 26.2. The number of carboxylic acids is 2. The first kappa shape index (κ1) is 17.0. The number of aliphatic carboxylic acids is 2. The number of hydrogen-bond acceptors (Lipinski definition) is 2. The second-order valence-electron chi connectivity index (χ2n) is 6.12. The van der Waals surface area contributed by atoms with E-state index in [9.17, 15) is 9.59 Å². The average Bonchev–Trinajstić information content (AvgIpc) is 2.35. The molecule has 0 aromatic heterocycles. The van der Waals surface area contributed by atoms with Crippen molar-refractivity contribution in [3.05, 3.63) is 0 Å². The van der Waals surface area contributed by atoms with Gasteiger partial charge in [-0.05, 0) is 24.7 Å². The maximum Gasteiger partial charge on any atom is 0.303 e. The quantitative estimate of drug-likeness (QED) is 0.815. The molecule has 116 valence electrons. The first-order chi connectivity index (χ1) is 9.59. The van der Waals surface area contributed by atoms with Crippen LogP contribution in [0, 0.1) is 11.8 Å². The molecule has 0 amide bonds. The van der Waals surface area contributed by atoms with Gasteiger partial charge in [0, 0.05) is 12.8 Å². The van der Waals surface area contributed by atoms with Crippen LogP contribution < -0.4 is 0 Å². The van der Waals surface area contributed by atoms with E-state index in [-0.39, 0.29) is 24.7 Å². The van der Waals surface area contributed by atoms with Gasteiger partial charge in [-0.15, -0.1) is 0 Å². The van der Waals surface area contributed by atoms with Gasteiger partial charge in [-0.1, -0.05) is 51.4 Å². The predicted octanol–water partition coefficient (Wildman–Crippen LogP) is 4.08. The molecule has 4 heteroatoms. The zero-order chi connectivity index (χ0) is 14.8. The summed E-state index contributed by atoms with van der Waals surface area (Å²) in [6, 6.07) is 0. The number of carboxylic acid groups (broad SMARTS) is 2. The summed E-state index contributed by atoms with van der Waals surface area (Å²) in [5.74, 6) is -1.53. The van der Waals surface area contributed by atoms with Gasteiger partial charge in [-0.2, -0.15) is 0 Å². The summed E-state index contributed by atoms with van der Waals surface area (Å²) in [6.45, 7) is 0. The van der Waals surface area contributed by atoms with E-state index in [1.54, 1.807) is 0 Å². The molecule has 0 aromatic rings. The molecule has 20 heavy (non-hydrogen) atoms. The Hall–Kier alpha value is -1.06. The fourth-order valence-corrected chi connectivity index (χ4v) is 3.33. The third kappa shape index (κ3) is 7.51. The molecule has 0 aromatic carbocycles. The predicted molar refractivity (Wildman–Crippen MR) is 77.7 cm³/mol. The zero-order valence-electron chi connectivity index (χ0n) is 12.4. The van der Waals surface area contributed by atoms with E-state index in [0.29, 0.717) is 0 Å². The fraction of sp³-hybridized carbons (Fsp3) is 0.875. The molecule has 0 bridgehead atoms. The third-order valence-electron chi connectivity index (χ3n) is 4.44. The van der Waals surface area contributed by atoms with Gasteiger partial charge in [0.25, 0.3) is 0 Å². The average molecular weight is 284 g/mol. The minimum absolute atomic E-state index is 0.0306. The summed E-state index contributed by atoms with van der Waals surface area (Å²) in [7, 11) is 0. The Labute approximate surface area is 121 Å². The van der Waals surface area contributed by atoms with Crippen LogP contribution in [0.25, 0.3) is 0 Å². The molecular weight excluding hydrogens is 256 g/mol. The molecule has 0 aliphatic heterocycles. The summed E-state index contributed by atoms with van der Waals surface area (Å²) < 4.78 is 0. The highest BCUT2D eigenvalue weighted by atomic mass is 16.4. The molecule has 2 unspecified atom stereocenters. The van der Waals surface area contributed by atoms with Crippen molar-refractivity contribution < 1.29 is 19.8 Å². The summed E-state index contributed by atoms with van der Waals surface area (Å²) in [5.41, 5.74) is 0. The minimum Gasteiger partial charge on any atom is -0.481 e. The van der Waals surface area contributed by atoms with E-state index in [0.717, 1.165) is 38.5 Å². The highest BCUT2D eigenvalue weighted by Crippen LogP contribution is 2.31. The van der Waals surface area contributed by atoms with Gasteiger partial charge in [0.2, 0.25) is 0 Å². The maximum absolute atomic E-state index is 11.0. The first-order valence-electron chi connectivity index (χ1n) is 8.03. The Bertz CT molecular complexity index is 271. The molecule has 1 rings (SSSR count). The molecule has 1 aliphatic carbocycles. The molecule has 0 heterocycles. The second kappa shape index (κ2) is 9.78. The summed E-state index contributed by atoms with van der Waals surface area (Å²) in [4.78, 5) is 22.1. The lowest BCUT2D eigenvalue weighted by Gasteiger charge is -2.25. The molecule has 0 spiro atoms. The van der Waals surface area contributed by atoms with Crippen LogP contribution in [0.2, 0.25) is 0 Å². The van der Waals surface area contributed by atoms with Crippen LogP contribution in [-0.4, -0.2) is 22.2 Å². The lowest BCUT2D eigenvalue weighted by atomic mass is 9.79. The van der Waals surface area contributed by atoms with Gasteiger partial charge in [0.1, 0.15) is 0 Å². The van der Waals surface area contributed by atoms with Crippen molar-refractivity contribution in [3.63, 3.8) is 0 Å². The molecule has 1 fully saturated rings. The Morgan fingerprint density at radius 2 is 0.950 bits per heavy atom. The Balaban J connectivity index is 2.64. The summed E-state index contributed by atoms with van der Waals surface area (Å²) in [5, 5.41) is 18.1. The molecule has 2 N–H and O–H groups in total. The lowest BCUT2D eigenvalue weighted by molar-refractivity contribution is -0.142. The molecule has 0 radical (unpaired) electrons. The van der Waals surface area contributed by atoms with Crippen LogP contribution in [0.3, 0.4) is 0 Å². The first-order valence-corrected chi connectivity index (χ1v) is 8.03. The molecular formula is C16H28O4. The number of carbonyl (C=O) groups is 2. The SMILES string of the molecule is O=C(O)CC1CCCCCCCCCCC1CC(=O)O. The van der Waals surface area contributed by atoms with Crippen LogP contribution in [0.1, 0.15) is 77.0 Å². The van der Waals surface area contributed by atoms with Crippen LogP contribution >= 0.6 is 0 Å². The van der Waals surface area contributed by atoms with E-state index in [1.165, 1.54) is 25.7 Å². The number of hydrogen-bond donors (Lipinski definition) is 2. The highest BCUT2D eigenvalue weighted by Gasteiger charge is 2.25. The van der Waals surface area contributed by atoms with Gasteiger partial charge in [0.05, 0.1) is 0 Å². The van der Waals surface area contributed by atoms with Crippen molar-refractivity contribution in [2.24, 2.45) is 11.8 Å². The van der Waals surface area contributed by atoms with Crippen molar-refractivity contribution in [3.8, 4) is 0 Å². The smallest absolute Gasteiger partial charge is 0.303 e. The van der Waals surface area contributed by atoms with Crippen LogP contribution in [0.15, 0.2) is 0 Å². The topological polar surface area (TPSA) is 74.6 Å². The Morgan fingerprint density at radius 1 is 0.650 bits per heavy atom. The monoisotopic (exact) mass is 284 g/mol. The van der Waals surface area contributed by atoms with Gasteiger partial charge >= 0.3 is 11.9 Å². The van der Waals surface area contributed by atoms with Crippen molar-refractivity contribution in [1.29, 1.82) is 0 Å². The van der Waals surface area contributed by atoms with Crippen LogP contribution in [-0.2, 0) is 9.59 Å². The minimum atomic E-state index is -0.794. The van der Waals surface area contributed by atoms with E-state index < -0.39 is 11.9 Å². The van der Waals surface area contributed by atoms with E-state index in [4.69, 9.17) is 10.2 Å². The van der Waals surface area contributed by atoms with E-state index in [1.807, 2.05) is 0 Å². The van der Waals surface area contributed by atoms with Crippen LogP contribution in [0.4, 0.5) is 0 Å². The van der Waals surface area contributed by atoms with Gasteiger partial charge in [-0.25, -0.2) is 0 Å².